The molecule has 0 unspecified atom stereocenters. The fraction of sp³-hybridized carbons (Fsp3) is 0.227. The first-order valence-electron chi connectivity index (χ1n) is 9.14. The molecule has 1 aromatic heterocycles. The largest absolute Gasteiger partial charge is 0.359 e. The third kappa shape index (κ3) is 3.82. The molecule has 0 saturated carbocycles. The highest BCUT2D eigenvalue weighted by atomic mass is 16.1. The molecule has 3 aromatic rings. The van der Waals surface area contributed by atoms with Crippen molar-refractivity contribution >= 4 is 11.5 Å². The molecule has 0 radical (unpaired) electrons. The Morgan fingerprint density at radius 2 is 1.89 bits per heavy atom. The van der Waals surface area contributed by atoms with Crippen LogP contribution in [0.1, 0.15) is 30.9 Å². The number of benzene rings is 2. The highest BCUT2D eigenvalue weighted by molar-refractivity contribution is 5.98. The molecule has 1 N–H and O–H groups in total. The molecule has 0 saturated heterocycles. The smallest absolute Gasteiger partial charge is 0.160 e. The summed E-state index contributed by atoms with van der Waals surface area (Å²) in [6.45, 7) is 4.66. The number of allylic oxidation sites excluding steroid dienone is 2. The maximum Gasteiger partial charge on any atom is 0.160 e. The lowest BCUT2D eigenvalue weighted by atomic mass is 10.1. The van der Waals surface area contributed by atoms with E-state index in [2.05, 4.69) is 46.8 Å². The Hall–Kier alpha value is -3.21. The quantitative estimate of drug-likeness (QED) is 0.736. The summed E-state index contributed by atoms with van der Waals surface area (Å²) in [6, 6.07) is 16.5. The van der Waals surface area contributed by atoms with Gasteiger partial charge in [-0.25, -0.2) is 4.68 Å². The van der Waals surface area contributed by atoms with Gasteiger partial charge in [-0.15, -0.1) is 5.10 Å². The highest BCUT2D eigenvalue weighted by Crippen LogP contribution is 2.26. The van der Waals surface area contributed by atoms with E-state index in [0.29, 0.717) is 13.0 Å². The van der Waals surface area contributed by atoms with Gasteiger partial charge in [0.05, 0.1) is 12.7 Å². The molecule has 4 rings (SSSR count). The van der Waals surface area contributed by atoms with Crippen LogP contribution in [0, 0.1) is 6.92 Å². The molecule has 5 heteroatoms. The zero-order valence-electron chi connectivity index (χ0n) is 15.6. The summed E-state index contributed by atoms with van der Waals surface area (Å²) >= 11 is 0. The number of aryl methyl sites for hydroxylation is 1. The molecular weight excluding hydrogens is 336 g/mol. The molecule has 0 spiro atoms. The van der Waals surface area contributed by atoms with Crippen LogP contribution in [-0.2, 0) is 11.3 Å². The molecule has 0 atom stereocenters. The monoisotopic (exact) mass is 358 g/mol. The molecule has 27 heavy (non-hydrogen) atoms. The van der Waals surface area contributed by atoms with E-state index in [4.69, 9.17) is 0 Å². The first kappa shape index (κ1) is 17.2. The van der Waals surface area contributed by atoms with Crippen LogP contribution < -0.4 is 5.32 Å². The molecule has 1 aliphatic rings. The zero-order chi connectivity index (χ0) is 18.8. The molecular formula is C22H22N4O. The Morgan fingerprint density at radius 3 is 2.63 bits per heavy atom. The SMILES string of the molecule is CC1=C(Nc2cccc(-c3cn(Cc4ccc(C)cc4)nn3)c2)CCC1=O. The van der Waals surface area contributed by atoms with Gasteiger partial charge in [0, 0.05) is 28.9 Å². The van der Waals surface area contributed by atoms with E-state index in [-0.39, 0.29) is 5.78 Å². The zero-order valence-corrected chi connectivity index (χ0v) is 15.6. The number of anilines is 1. The van der Waals surface area contributed by atoms with Crippen molar-refractivity contribution in [2.24, 2.45) is 0 Å². The fourth-order valence-electron chi connectivity index (χ4n) is 3.26. The van der Waals surface area contributed by atoms with Gasteiger partial charge in [-0.05, 0) is 38.0 Å². The Kier molecular flexibility index (Phi) is 4.59. The molecule has 0 fully saturated rings. The van der Waals surface area contributed by atoms with Gasteiger partial charge >= 0.3 is 0 Å². The van der Waals surface area contributed by atoms with Gasteiger partial charge in [-0.1, -0.05) is 47.2 Å². The van der Waals surface area contributed by atoms with Crippen LogP contribution >= 0.6 is 0 Å². The van der Waals surface area contributed by atoms with Gasteiger partial charge in [-0.2, -0.15) is 0 Å². The number of ketones is 1. The third-order valence-corrected chi connectivity index (χ3v) is 4.93. The lowest BCUT2D eigenvalue weighted by Crippen LogP contribution is -2.00. The predicted molar refractivity (Wildman–Crippen MR) is 106 cm³/mol. The van der Waals surface area contributed by atoms with Crippen LogP contribution in [-0.4, -0.2) is 20.8 Å². The fourth-order valence-corrected chi connectivity index (χ4v) is 3.26. The van der Waals surface area contributed by atoms with E-state index >= 15 is 0 Å². The summed E-state index contributed by atoms with van der Waals surface area (Å²) in [4.78, 5) is 11.7. The van der Waals surface area contributed by atoms with Crippen molar-refractivity contribution in [2.45, 2.75) is 33.2 Å². The Balaban J connectivity index is 1.51. The molecule has 0 aliphatic heterocycles. The lowest BCUT2D eigenvalue weighted by molar-refractivity contribution is -0.114. The van der Waals surface area contributed by atoms with Crippen molar-refractivity contribution in [1.29, 1.82) is 0 Å². The number of rotatable bonds is 5. The van der Waals surface area contributed by atoms with Crippen LogP contribution in [0.2, 0.25) is 0 Å². The molecule has 0 amide bonds. The van der Waals surface area contributed by atoms with Gasteiger partial charge in [-0.3, -0.25) is 4.79 Å². The van der Waals surface area contributed by atoms with Crippen molar-refractivity contribution in [3.63, 3.8) is 0 Å². The van der Waals surface area contributed by atoms with Gasteiger partial charge in [0.15, 0.2) is 5.78 Å². The Morgan fingerprint density at radius 1 is 1.07 bits per heavy atom. The summed E-state index contributed by atoms with van der Waals surface area (Å²) in [6.07, 6.45) is 3.34. The molecule has 5 nitrogen and oxygen atoms in total. The molecule has 1 aliphatic carbocycles. The van der Waals surface area contributed by atoms with Crippen molar-refractivity contribution < 1.29 is 4.79 Å². The maximum absolute atomic E-state index is 11.7. The number of nitrogens with zero attached hydrogens (tertiary/aromatic N) is 3. The molecule has 1 heterocycles. The van der Waals surface area contributed by atoms with Crippen LogP contribution in [0.3, 0.4) is 0 Å². The topological polar surface area (TPSA) is 59.8 Å². The Bertz CT molecular complexity index is 1010. The van der Waals surface area contributed by atoms with Crippen LogP contribution in [0.4, 0.5) is 5.69 Å². The summed E-state index contributed by atoms with van der Waals surface area (Å²) in [5.74, 6) is 0.229. The number of hydrogen-bond acceptors (Lipinski definition) is 4. The molecule has 136 valence electrons. The summed E-state index contributed by atoms with van der Waals surface area (Å²) in [5.41, 5.74) is 7.09. The highest BCUT2D eigenvalue weighted by Gasteiger charge is 2.19. The predicted octanol–water partition coefficient (Wildman–Crippen LogP) is 4.35. The average Bonchev–Trinajstić information content (AvgIpc) is 3.26. The van der Waals surface area contributed by atoms with Gasteiger partial charge in [0.2, 0.25) is 0 Å². The normalized spacial score (nSPS) is 14.1. The average molecular weight is 358 g/mol. The first-order valence-corrected chi connectivity index (χ1v) is 9.14. The first-order chi connectivity index (χ1) is 13.1. The Labute approximate surface area is 158 Å². The summed E-state index contributed by atoms with van der Waals surface area (Å²) in [7, 11) is 0. The second kappa shape index (κ2) is 7.19. The van der Waals surface area contributed by atoms with Crippen molar-refractivity contribution in [3.05, 3.63) is 77.1 Å². The van der Waals surface area contributed by atoms with Crippen molar-refractivity contribution in [3.8, 4) is 11.3 Å². The number of aromatic nitrogens is 3. The third-order valence-electron chi connectivity index (χ3n) is 4.93. The maximum atomic E-state index is 11.7. The van der Waals surface area contributed by atoms with Crippen LogP contribution in [0.25, 0.3) is 11.3 Å². The number of carbonyl (C=O) groups excluding carboxylic acids is 1. The lowest BCUT2D eigenvalue weighted by Gasteiger charge is -2.09. The van der Waals surface area contributed by atoms with Gasteiger partial charge < -0.3 is 5.32 Å². The number of nitrogens with one attached hydrogen (secondary N) is 1. The minimum atomic E-state index is 0.229. The van der Waals surface area contributed by atoms with E-state index in [1.54, 1.807) is 0 Å². The number of carbonyl (C=O) groups is 1. The van der Waals surface area contributed by atoms with Crippen molar-refractivity contribution in [2.75, 3.05) is 5.32 Å². The van der Waals surface area contributed by atoms with Crippen LogP contribution in [0.5, 0.6) is 0 Å². The van der Waals surface area contributed by atoms with Gasteiger partial charge in [0.1, 0.15) is 5.69 Å². The van der Waals surface area contributed by atoms with E-state index < -0.39 is 0 Å². The van der Waals surface area contributed by atoms with Gasteiger partial charge in [0.25, 0.3) is 0 Å². The van der Waals surface area contributed by atoms with Crippen molar-refractivity contribution in [1.82, 2.24) is 15.0 Å². The van der Waals surface area contributed by atoms with E-state index in [1.165, 1.54) is 11.1 Å². The minimum absolute atomic E-state index is 0.229. The minimum Gasteiger partial charge on any atom is -0.359 e. The molecule has 0 bridgehead atoms. The standard InChI is InChI=1S/C22H22N4O/c1-15-6-8-17(9-7-15)13-26-14-21(24-25-26)18-4-3-5-19(12-18)23-20-10-11-22(27)16(20)2/h3-9,12,14,23H,10-11,13H2,1-2H3. The van der Waals surface area contributed by atoms with E-state index in [9.17, 15) is 4.79 Å². The second-order valence-corrected chi connectivity index (χ2v) is 7.02. The molecule has 2 aromatic carbocycles. The van der Waals surface area contributed by atoms with E-state index in [0.717, 1.165) is 34.6 Å². The number of hydrogen-bond donors (Lipinski definition) is 1. The second-order valence-electron chi connectivity index (χ2n) is 7.02. The summed E-state index contributed by atoms with van der Waals surface area (Å²) < 4.78 is 1.85. The van der Waals surface area contributed by atoms with E-state index in [1.807, 2.05) is 42.1 Å². The summed E-state index contributed by atoms with van der Waals surface area (Å²) in [5, 5.41) is 12.0. The van der Waals surface area contributed by atoms with Crippen LogP contribution in [0.15, 0.2) is 66.0 Å². The number of Topliss-reactive ketones (excluding diaryl/α,β-unsaturated/α-hetero) is 1.